The molecule has 27 heavy (non-hydrogen) atoms. The Balaban J connectivity index is 1.48. The van der Waals surface area contributed by atoms with Crippen molar-refractivity contribution < 1.29 is 14.4 Å². The highest BCUT2D eigenvalue weighted by atomic mass is 35.5. The second kappa shape index (κ2) is 7.10. The summed E-state index contributed by atoms with van der Waals surface area (Å²) in [5.74, 6) is -1.99. The standard InChI is InChI=1S/C19H18ClN3O3S/c20-10-5-6-12-13(7-10)19(26)23(18(12)25)9-16(24)22-17-14(8-21)11-3-1-2-4-15(11)27-17/h5,12-13H,1-4,6-7,9H2,(H,22,24)/t12-,13-/m0/s1. The molecule has 1 fully saturated rings. The Morgan fingerprint density at radius 1 is 1.30 bits per heavy atom. The first-order valence-corrected chi connectivity index (χ1v) is 10.2. The monoisotopic (exact) mass is 403 g/mol. The average Bonchev–Trinajstić information content (AvgIpc) is 3.11. The molecule has 0 spiro atoms. The first kappa shape index (κ1) is 18.2. The summed E-state index contributed by atoms with van der Waals surface area (Å²) in [5.41, 5.74) is 1.55. The Morgan fingerprint density at radius 3 is 2.81 bits per heavy atom. The number of imide groups is 1. The van der Waals surface area contributed by atoms with Gasteiger partial charge in [-0.15, -0.1) is 11.3 Å². The second-order valence-electron chi connectivity index (χ2n) is 7.14. The summed E-state index contributed by atoms with van der Waals surface area (Å²) in [6, 6.07) is 2.19. The third-order valence-corrected chi connectivity index (χ3v) is 7.01. The van der Waals surface area contributed by atoms with Crippen LogP contribution in [0.15, 0.2) is 11.1 Å². The molecule has 3 amide bonds. The number of nitrogens with one attached hydrogen (secondary N) is 1. The van der Waals surface area contributed by atoms with Gasteiger partial charge in [-0.3, -0.25) is 19.3 Å². The molecular formula is C19H18ClN3O3S. The second-order valence-corrected chi connectivity index (χ2v) is 8.73. The molecular weight excluding hydrogens is 386 g/mol. The van der Waals surface area contributed by atoms with Crippen LogP contribution < -0.4 is 5.32 Å². The molecule has 2 atom stereocenters. The lowest BCUT2D eigenvalue weighted by Gasteiger charge is -2.17. The molecule has 0 bridgehead atoms. The number of fused-ring (bicyclic) bond motifs is 2. The Kier molecular flexibility index (Phi) is 4.79. The van der Waals surface area contributed by atoms with Crippen LogP contribution in [-0.2, 0) is 27.2 Å². The number of halogens is 1. The molecule has 1 aromatic rings. The Hall–Kier alpha value is -2.17. The number of hydrogen-bond donors (Lipinski definition) is 1. The number of likely N-dealkylation sites (tertiary alicyclic amines) is 1. The van der Waals surface area contributed by atoms with Crippen LogP contribution in [0.3, 0.4) is 0 Å². The van der Waals surface area contributed by atoms with Crippen molar-refractivity contribution in [2.75, 3.05) is 11.9 Å². The van der Waals surface area contributed by atoms with Crippen molar-refractivity contribution in [3.05, 3.63) is 27.1 Å². The fourth-order valence-electron chi connectivity index (χ4n) is 4.13. The maximum atomic E-state index is 12.6. The zero-order valence-electron chi connectivity index (χ0n) is 14.6. The molecule has 2 aliphatic carbocycles. The van der Waals surface area contributed by atoms with Crippen molar-refractivity contribution in [1.82, 2.24) is 4.90 Å². The number of aryl methyl sites for hydroxylation is 1. The van der Waals surface area contributed by atoms with Crippen LogP contribution in [0.5, 0.6) is 0 Å². The predicted octanol–water partition coefficient (Wildman–Crippen LogP) is 2.95. The van der Waals surface area contributed by atoms with Gasteiger partial charge in [0.15, 0.2) is 0 Å². The van der Waals surface area contributed by atoms with Crippen molar-refractivity contribution in [3.63, 3.8) is 0 Å². The van der Waals surface area contributed by atoms with E-state index in [1.165, 1.54) is 11.3 Å². The molecule has 0 aromatic carbocycles. The van der Waals surface area contributed by atoms with Gasteiger partial charge in [0.05, 0.1) is 17.4 Å². The summed E-state index contributed by atoms with van der Waals surface area (Å²) in [6.07, 6.45) is 6.46. The van der Waals surface area contributed by atoms with Crippen LogP contribution in [-0.4, -0.2) is 29.2 Å². The fourth-order valence-corrected chi connectivity index (χ4v) is 5.65. The maximum Gasteiger partial charge on any atom is 0.245 e. The number of rotatable bonds is 3. The highest BCUT2D eigenvalue weighted by molar-refractivity contribution is 7.16. The third-order valence-electron chi connectivity index (χ3n) is 5.50. The molecule has 6 nitrogen and oxygen atoms in total. The third kappa shape index (κ3) is 3.17. The van der Waals surface area contributed by atoms with Crippen LogP contribution in [0.25, 0.3) is 0 Å². The number of amides is 3. The minimum Gasteiger partial charge on any atom is -0.315 e. The van der Waals surface area contributed by atoms with Gasteiger partial charge < -0.3 is 5.32 Å². The lowest BCUT2D eigenvalue weighted by molar-refractivity contribution is -0.142. The van der Waals surface area contributed by atoms with Crippen LogP contribution in [0, 0.1) is 23.2 Å². The molecule has 1 aromatic heterocycles. The number of thiophene rings is 1. The number of allylic oxidation sites excluding steroid dienone is 2. The number of nitriles is 1. The van der Waals surface area contributed by atoms with E-state index in [0.29, 0.717) is 28.4 Å². The van der Waals surface area contributed by atoms with Crippen LogP contribution in [0.2, 0.25) is 0 Å². The zero-order chi connectivity index (χ0) is 19.1. The van der Waals surface area contributed by atoms with E-state index in [9.17, 15) is 19.6 Å². The summed E-state index contributed by atoms with van der Waals surface area (Å²) < 4.78 is 0. The molecule has 1 saturated heterocycles. The van der Waals surface area contributed by atoms with Gasteiger partial charge in [0.25, 0.3) is 0 Å². The van der Waals surface area contributed by atoms with E-state index in [-0.39, 0.29) is 18.4 Å². The molecule has 140 valence electrons. The van der Waals surface area contributed by atoms with Crippen LogP contribution >= 0.6 is 22.9 Å². The van der Waals surface area contributed by atoms with E-state index < -0.39 is 17.7 Å². The van der Waals surface area contributed by atoms with E-state index in [4.69, 9.17) is 11.6 Å². The summed E-state index contributed by atoms with van der Waals surface area (Å²) >= 11 is 7.44. The Labute approximate surface area is 165 Å². The first-order chi connectivity index (χ1) is 13.0. The van der Waals surface area contributed by atoms with Gasteiger partial charge in [-0.2, -0.15) is 5.26 Å². The predicted molar refractivity (Wildman–Crippen MR) is 101 cm³/mol. The summed E-state index contributed by atoms with van der Waals surface area (Å²) in [6.45, 7) is -0.324. The molecule has 3 aliphatic rings. The summed E-state index contributed by atoms with van der Waals surface area (Å²) in [7, 11) is 0. The summed E-state index contributed by atoms with van der Waals surface area (Å²) in [5, 5.41) is 13.3. The van der Waals surface area contributed by atoms with Crippen molar-refractivity contribution in [3.8, 4) is 6.07 Å². The fraction of sp³-hybridized carbons (Fsp3) is 0.474. The molecule has 4 rings (SSSR count). The lowest BCUT2D eigenvalue weighted by Crippen LogP contribution is -2.38. The molecule has 1 N–H and O–H groups in total. The van der Waals surface area contributed by atoms with Gasteiger partial charge in [-0.1, -0.05) is 17.7 Å². The number of carbonyl (C=O) groups is 3. The number of hydrogen-bond acceptors (Lipinski definition) is 5. The van der Waals surface area contributed by atoms with Crippen LogP contribution in [0.1, 0.15) is 41.7 Å². The molecule has 0 radical (unpaired) electrons. The SMILES string of the molecule is N#Cc1c(NC(=O)CN2C(=O)[C@H]3CC=C(Cl)C[C@@H]3C2=O)sc2c1CCCC2. The number of anilines is 1. The van der Waals surface area contributed by atoms with Gasteiger partial charge in [-0.05, 0) is 44.1 Å². The van der Waals surface area contributed by atoms with Gasteiger partial charge >= 0.3 is 0 Å². The molecule has 0 saturated carbocycles. The normalized spacial score (nSPS) is 24.1. The topological polar surface area (TPSA) is 90.3 Å². The number of nitrogens with zero attached hydrogens (tertiary/aromatic N) is 2. The van der Waals surface area contributed by atoms with Crippen LogP contribution in [0.4, 0.5) is 5.00 Å². The molecule has 2 heterocycles. The zero-order valence-corrected chi connectivity index (χ0v) is 16.2. The molecule has 1 aliphatic heterocycles. The summed E-state index contributed by atoms with van der Waals surface area (Å²) in [4.78, 5) is 39.8. The van der Waals surface area contributed by atoms with E-state index in [0.717, 1.165) is 41.0 Å². The lowest BCUT2D eigenvalue weighted by atomic mass is 9.85. The van der Waals surface area contributed by atoms with Crippen molar-refractivity contribution in [2.45, 2.75) is 38.5 Å². The average molecular weight is 404 g/mol. The smallest absolute Gasteiger partial charge is 0.245 e. The van der Waals surface area contributed by atoms with Gasteiger partial charge in [0, 0.05) is 9.91 Å². The van der Waals surface area contributed by atoms with E-state index in [2.05, 4.69) is 11.4 Å². The van der Waals surface area contributed by atoms with Gasteiger partial charge in [-0.25, -0.2) is 0 Å². The van der Waals surface area contributed by atoms with E-state index in [1.54, 1.807) is 6.08 Å². The Morgan fingerprint density at radius 2 is 2.04 bits per heavy atom. The highest BCUT2D eigenvalue weighted by Gasteiger charge is 2.48. The minimum absolute atomic E-state index is 0.313. The van der Waals surface area contributed by atoms with Gasteiger partial charge in [0.2, 0.25) is 17.7 Å². The van der Waals surface area contributed by atoms with Crippen molar-refractivity contribution in [1.29, 1.82) is 5.26 Å². The molecule has 8 heteroatoms. The quantitative estimate of drug-likeness (QED) is 0.785. The number of carbonyl (C=O) groups excluding carboxylic acids is 3. The largest absolute Gasteiger partial charge is 0.315 e. The van der Waals surface area contributed by atoms with Gasteiger partial charge in [0.1, 0.15) is 17.6 Å². The van der Waals surface area contributed by atoms with Crippen molar-refractivity contribution in [2.24, 2.45) is 11.8 Å². The maximum absolute atomic E-state index is 12.6. The van der Waals surface area contributed by atoms with Crippen molar-refractivity contribution >= 4 is 45.7 Å². The Bertz CT molecular complexity index is 914. The molecule has 0 unspecified atom stereocenters. The highest BCUT2D eigenvalue weighted by Crippen LogP contribution is 2.39. The van der Waals surface area contributed by atoms with E-state index >= 15 is 0 Å². The van der Waals surface area contributed by atoms with E-state index in [1.807, 2.05) is 0 Å². The minimum atomic E-state index is -0.466. The first-order valence-electron chi connectivity index (χ1n) is 9.03.